The number of carbonyl (C=O) groups is 2. The van der Waals surface area contributed by atoms with Crippen LogP contribution in [-0.2, 0) is 26.2 Å². The summed E-state index contributed by atoms with van der Waals surface area (Å²) in [4.78, 5) is 25.8. The predicted molar refractivity (Wildman–Crippen MR) is 116 cm³/mol. The molecule has 0 radical (unpaired) electrons. The van der Waals surface area contributed by atoms with Gasteiger partial charge in [-0.3, -0.25) is 9.59 Å². The molecule has 1 N–H and O–H groups in total. The van der Waals surface area contributed by atoms with E-state index in [1.54, 1.807) is 27.4 Å². The minimum absolute atomic E-state index is 0.0500. The van der Waals surface area contributed by atoms with E-state index in [1.807, 2.05) is 6.07 Å². The van der Waals surface area contributed by atoms with Crippen molar-refractivity contribution in [2.24, 2.45) is 5.92 Å². The third kappa shape index (κ3) is 5.47. The number of anilines is 1. The maximum absolute atomic E-state index is 12.9. The Morgan fingerprint density at radius 3 is 2.37 bits per heavy atom. The first-order valence-electron chi connectivity index (χ1n) is 10.3. The smallest absolute Gasteiger partial charge is 0.282 e. The highest BCUT2D eigenvalue weighted by atomic mass is 32.2. The molecule has 0 saturated carbocycles. The number of hydrogen-bond acceptors (Lipinski definition) is 4. The van der Waals surface area contributed by atoms with Gasteiger partial charge in [0.25, 0.3) is 10.2 Å². The fraction of sp³-hybridized carbons (Fsp3) is 0.524. The standard InChI is InChI=1S/C21H30N4O4S/c1-3-20(26)22-19-6-4-5-18(15-19)16-21(27)23-11-13-25(14-12-23)30(28,29)24-9-7-17(2)8-10-24/h3-6,15,17H,1,7-14,16H2,2H3,(H,22,26). The fourth-order valence-electron chi connectivity index (χ4n) is 3.79. The Labute approximate surface area is 178 Å². The number of benzene rings is 1. The number of piperidine rings is 1. The van der Waals surface area contributed by atoms with Crippen LogP contribution in [0.3, 0.4) is 0 Å². The summed E-state index contributed by atoms with van der Waals surface area (Å²) in [6.45, 7) is 8.11. The Kier molecular flexibility index (Phi) is 7.27. The summed E-state index contributed by atoms with van der Waals surface area (Å²) in [5.74, 6) is 0.208. The maximum Gasteiger partial charge on any atom is 0.282 e. The number of amides is 2. The van der Waals surface area contributed by atoms with Crippen molar-refractivity contribution in [2.45, 2.75) is 26.2 Å². The summed E-state index contributed by atoms with van der Waals surface area (Å²) >= 11 is 0. The minimum Gasteiger partial charge on any atom is -0.340 e. The van der Waals surface area contributed by atoms with Gasteiger partial charge in [-0.15, -0.1) is 0 Å². The van der Waals surface area contributed by atoms with Crippen molar-refractivity contribution < 1.29 is 18.0 Å². The molecule has 3 rings (SSSR count). The molecule has 0 spiro atoms. The second kappa shape index (κ2) is 9.72. The average Bonchev–Trinajstić information content (AvgIpc) is 2.74. The average molecular weight is 435 g/mol. The van der Waals surface area contributed by atoms with Gasteiger partial charge in [-0.2, -0.15) is 17.0 Å². The summed E-state index contributed by atoms with van der Waals surface area (Å²) in [5, 5.41) is 2.68. The van der Waals surface area contributed by atoms with E-state index in [9.17, 15) is 18.0 Å². The van der Waals surface area contributed by atoms with Crippen LogP contribution in [0.2, 0.25) is 0 Å². The topological polar surface area (TPSA) is 90.0 Å². The van der Waals surface area contributed by atoms with Crippen molar-refractivity contribution in [2.75, 3.05) is 44.6 Å². The number of carbonyl (C=O) groups excluding carboxylic acids is 2. The van der Waals surface area contributed by atoms with Crippen LogP contribution in [0.1, 0.15) is 25.3 Å². The Morgan fingerprint density at radius 1 is 1.10 bits per heavy atom. The SMILES string of the molecule is C=CC(=O)Nc1cccc(CC(=O)N2CCN(S(=O)(=O)N3CCC(C)CC3)CC2)c1. The van der Waals surface area contributed by atoms with Crippen molar-refractivity contribution in [3.63, 3.8) is 0 Å². The molecule has 9 heteroatoms. The third-order valence-corrected chi connectivity index (χ3v) is 7.76. The quantitative estimate of drug-likeness (QED) is 0.687. The van der Waals surface area contributed by atoms with Gasteiger partial charge < -0.3 is 10.2 Å². The van der Waals surface area contributed by atoms with E-state index in [2.05, 4.69) is 18.8 Å². The van der Waals surface area contributed by atoms with Gasteiger partial charge in [-0.1, -0.05) is 25.6 Å². The van der Waals surface area contributed by atoms with Crippen molar-refractivity contribution in [1.82, 2.24) is 13.5 Å². The second-order valence-corrected chi connectivity index (χ2v) is 9.87. The first-order chi connectivity index (χ1) is 14.3. The van der Waals surface area contributed by atoms with Crippen LogP contribution in [-0.4, -0.2) is 73.0 Å². The van der Waals surface area contributed by atoms with E-state index in [0.717, 1.165) is 18.4 Å². The van der Waals surface area contributed by atoms with Gasteiger partial charge in [-0.25, -0.2) is 0 Å². The van der Waals surface area contributed by atoms with Crippen LogP contribution in [0.25, 0.3) is 0 Å². The van der Waals surface area contributed by atoms with Crippen LogP contribution < -0.4 is 5.32 Å². The van der Waals surface area contributed by atoms with Gasteiger partial charge >= 0.3 is 0 Å². The van der Waals surface area contributed by atoms with Crippen LogP contribution in [0.4, 0.5) is 5.69 Å². The van der Waals surface area contributed by atoms with Crippen LogP contribution in [0.15, 0.2) is 36.9 Å². The van der Waals surface area contributed by atoms with Gasteiger partial charge in [0.05, 0.1) is 6.42 Å². The molecule has 2 heterocycles. The largest absolute Gasteiger partial charge is 0.340 e. The molecule has 2 saturated heterocycles. The van der Waals surface area contributed by atoms with E-state index >= 15 is 0 Å². The summed E-state index contributed by atoms with van der Waals surface area (Å²) < 4.78 is 28.8. The van der Waals surface area contributed by atoms with Crippen molar-refractivity contribution in [1.29, 1.82) is 0 Å². The molecule has 2 aliphatic heterocycles. The molecule has 0 aromatic heterocycles. The normalized spacial score (nSPS) is 19.4. The molecule has 1 aromatic rings. The lowest BCUT2D eigenvalue weighted by Gasteiger charge is -2.38. The van der Waals surface area contributed by atoms with Crippen molar-refractivity contribution in [3.05, 3.63) is 42.5 Å². The second-order valence-electron chi connectivity index (χ2n) is 7.94. The minimum atomic E-state index is -3.46. The zero-order valence-corrected chi connectivity index (χ0v) is 18.2. The molecular weight excluding hydrogens is 404 g/mol. The molecule has 2 aliphatic rings. The van der Waals surface area contributed by atoms with Gasteiger partial charge in [0.2, 0.25) is 11.8 Å². The molecule has 0 atom stereocenters. The Morgan fingerprint density at radius 2 is 1.73 bits per heavy atom. The van der Waals surface area contributed by atoms with Crippen molar-refractivity contribution >= 4 is 27.7 Å². The summed E-state index contributed by atoms with van der Waals surface area (Å²) in [6, 6.07) is 7.13. The third-order valence-electron chi connectivity index (χ3n) is 5.72. The zero-order chi connectivity index (χ0) is 21.7. The van der Waals surface area contributed by atoms with Gasteiger partial charge in [-0.05, 0) is 42.5 Å². The number of piperazine rings is 1. The lowest BCUT2D eigenvalue weighted by molar-refractivity contribution is -0.131. The molecule has 2 fully saturated rings. The lowest BCUT2D eigenvalue weighted by atomic mass is 10.0. The van der Waals surface area contributed by atoms with Crippen LogP contribution >= 0.6 is 0 Å². The summed E-state index contributed by atoms with van der Waals surface area (Å²) in [7, 11) is -3.46. The van der Waals surface area contributed by atoms with Gasteiger partial charge in [0.15, 0.2) is 0 Å². The van der Waals surface area contributed by atoms with Crippen LogP contribution in [0.5, 0.6) is 0 Å². The van der Waals surface area contributed by atoms with Crippen LogP contribution in [0, 0.1) is 5.92 Å². The highest BCUT2D eigenvalue weighted by Gasteiger charge is 2.34. The highest BCUT2D eigenvalue weighted by Crippen LogP contribution is 2.22. The monoisotopic (exact) mass is 434 g/mol. The molecule has 30 heavy (non-hydrogen) atoms. The zero-order valence-electron chi connectivity index (χ0n) is 17.4. The Bertz CT molecular complexity index is 886. The van der Waals surface area contributed by atoms with Crippen molar-refractivity contribution in [3.8, 4) is 0 Å². The van der Waals surface area contributed by atoms with E-state index in [4.69, 9.17) is 0 Å². The molecular formula is C21H30N4O4S. The highest BCUT2D eigenvalue weighted by molar-refractivity contribution is 7.86. The summed E-state index contributed by atoms with van der Waals surface area (Å²) in [5.41, 5.74) is 1.40. The first kappa shape index (κ1) is 22.5. The fourth-order valence-corrected chi connectivity index (χ4v) is 5.41. The molecule has 0 aliphatic carbocycles. The van der Waals surface area contributed by atoms with E-state index in [-0.39, 0.29) is 18.2 Å². The lowest BCUT2D eigenvalue weighted by Crippen LogP contribution is -2.55. The van der Waals surface area contributed by atoms with Gasteiger partial charge in [0, 0.05) is 45.0 Å². The van der Waals surface area contributed by atoms with E-state index < -0.39 is 10.2 Å². The molecule has 8 nitrogen and oxygen atoms in total. The molecule has 164 valence electrons. The molecule has 2 amide bonds. The molecule has 1 aromatic carbocycles. The number of hydrogen-bond donors (Lipinski definition) is 1. The number of rotatable bonds is 6. The number of nitrogens with one attached hydrogen (secondary N) is 1. The maximum atomic E-state index is 12.9. The Hall–Kier alpha value is -2.23. The molecule has 0 bridgehead atoms. The van der Waals surface area contributed by atoms with E-state index in [1.165, 1.54) is 10.4 Å². The van der Waals surface area contributed by atoms with Gasteiger partial charge in [0.1, 0.15) is 0 Å². The predicted octanol–water partition coefficient (Wildman–Crippen LogP) is 1.47. The Balaban J connectivity index is 1.53. The molecule has 0 unspecified atom stereocenters. The van der Waals surface area contributed by atoms with E-state index in [0.29, 0.717) is 50.9 Å². The summed E-state index contributed by atoms with van der Waals surface area (Å²) in [6.07, 6.45) is 3.18. The first-order valence-corrected chi connectivity index (χ1v) is 11.7. The number of nitrogens with zero attached hydrogens (tertiary/aromatic N) is 3.